The van der Waals surface area contributed by atoms with Crippen LogP contribution in [0, 0.1) is 5.92 Å². The van der Waals surface area contributed by atoms with Gasteiger partial charge in [-0.15, -0.1) is 0 Å². The lowest BCUT2D eigenvalue weighted by molar-refractivity contribution is 0.201. The van der Waals surface area contributed by atoms with E-state index in [-0.39, 0.29) is 0 Å². The van der Waals surface area contributed by atoms with Crippen molar-refractivity contribution in [2.45, 2.75) is 59.5 Å². The Bertz CT molecular complexity index is 233. The zero-order valence-corrected chi connectivity index (χ0v) is 12.3. The first-order valence-corrected chi connectivity index (χ1v) is 7.10. The van der Waals surface area contributed by atoms with Crippen LogP contribution >= 0.6 is 0 Å². The standard InChI is InChI=1S/C15H30N2/c1-12(2)6-9-17-10-7-15(8-11-17)16-14(5)13(3)4/h6,13-16H,7-11H2,1-5H3. The molecule has 1 N–H and O–H groups in total. The van der Waals surface area contributed by atoms with Gasteiger partial charge >= 0.3 is 0 Å². The van der Waals surface area contributed by atoms with Crippen LogP contribution in [0.3, 0.4) is 0 Å². The maximum Gasteiger partial charge on any atom is 0.0165 e. The molecule has 0 aromatic heterocycles. The first kappa shape index (κ1) is 14.7. The van der Waals surface area contributed by atoms with Crippen molar-refractivity contribution in [1.82, 2.24) is 10.2 Å². The summed E-state index contributed by atoms with van der Waals surface area (Å²) in [6.45, 7) is 14.9. The number of hydrogen-bond donors (Lipinski definition) is 1. The quantitative estimate of drug-likeness (QED) is 0.741. The second kappa shape index (κ2) is 7.17. The van der Waals surface area contributed by atoms with Gasteiger partial charge < -0.3 is 5.32 Å². The minimum atomic E-state index is 0.643. The molecule has 2 nitrogen and oxygen atoms in total. The van der Waals surface area contributed by atoms with Crippen LogP contribution in [0.15, 0.2) is 11.6 Å². The number of rotatable bonds is 5. The predicted octanol–water partition coefficient (Wildman–Crippen LogP) is 3.05. The van der Waals surface area contributed by atoms with Crippen molar-refractivity contribution in [1.29, 1.82) is 0 Å². The normalized spacial score (nSPS) is 20.6. The van der Waals surface area contributed by atoms with Crippen LogP contribution in [-0.4, -0.2) is 36.6 Å². The third-order valence-electron chi connectivity index (χ3n) is 3.84. The maximum atomic E-state index is 3.76. The molecule has 0 amide bonds. The Labute approximate surface area is 107 Å². The van der Waals surface area contributed by atoms with E-state index in [0.717, 1.165) is 18.5 Å². The summed E-state index contributed by atoms with van der Waals surface area (Å²) in [6.07, 6.45) is 4.94. The zero-order chi connectivity index (χ0) is 12.8. The highest BCUT2D eigenvalue weighted by molar-refractivity contribution is 4.95. The Kier molecular flexibility index (Phi) is 6.21. The molecule has 1 heterocycles. The molecule has 1 rings (SSSR count). The van der Waals surface area contributed by atoms with Crippen LogP contribution in [0.4, 0.5) is 0 Å². The van der Waals surface area contributed by atoms with E-state index in [4.69, 9.17) is 0 Å². The van der Waals surface area contributed by atoms with Gasteiger partial charge in [0.1, 0.15) is 0 Å². The number of allylic oxidation sites excluding steroid dienone is 1. The Morgan fingerprint density at radius 1 is 1.24 bits per heavy atom. The average Bonchev–Trinajstić information content (AvgIpc) is 2.28. The summed E-state index contributed by atoms with van der Waals surface area (Å²) in [6, 6.07) is 1.37. The highest BCUT2D eigenvalue weighted by Gasteiger charge is 2.20. The summed E-state index contributed by atoms with van der Waals surface area (Å²) < 4.78 is 0. The molecule has 17 heavy (non-hydrogen) atoms. The molecule has 2 heteroatoms. The summed E-state index contributed by atoms with van der Waals surface area (Å²) in [5, 5.41) is 3.76. The largest absolute Gasteiger partial charge is 0.311 e. The molecule has 0 bridgehead atoms. The van der Waals surface area contributed by atoms with Crippen molar-refractivity contribution >= 4 is 0 Å². The van der Waals surface area contributed by atoms with E-state index in [1.165, 1.54) is 31.5 Å². The summed E-state index contributed by atoms with van der Waals surface area (Å²) in [4.78, 5) is 2.56. The molecule has 1 atom stereocenters. The fourth-order valence-electron chi connectivity index (χ4n) is 2.16. The van der Waals surface area contributed by atoms with E-state index in [0.29, 0.717) is 6.04 Å². The highest BCUT2D eigenvalue weighted by Crippen LogP contribution is 2.13. The second-order valence-electron chi connectivity index (χ2n) is 6.06. The van der Waals surface area contributed by atoms with Gasteiger partial charge in [0.15, 0.2) is 0 Å². The lowest BCUT2D eigenvalue weighted by Crippen LogP contribution is -2.46. The van der Waals surface area contributed by atoms with Crippen LogP contribution in [0.25, 0.3) is 0 Å². The molecular formula is C15H30N2. The molecule has 1 aliphatic rings. The van der Waals surface area contributed by atoms with E-state index in [2.05, 4.69) is 50.9 Å². The second-order valence-corrected chi connectivity index (χ2v) is 6.06. The van der Waals surface area contributed by atoms with Gasteiger partial charge in [-0.3, -0.25) is 4.90 Å². The minimum Gasteiger partial charge on any atom is -0.311 e. The van der Waals surface area contributed by atoms with Crippen molar-refractivity contribution in [2.75, 3.05) is 19.6 Å². The molecule has 100 valence electrons. The molecular weight excluding hydrogens is 208 g/mol. The van der Waals surface area contributed by atoms with E-state index in [1.807, 2.05) is 0 Å². The molecule has 0 saturated carbocycles. The van der Waals surface area contributed by atoms with Gasteiger partial charge in [-0.25, -0.2) is 0 Å². The minimum absolute atomic E-state index is 0.643. The van der Waals surface area contributed by atoms with Crippen LogP contribution in [0.1, 0.15) is 47.5 Å². The molecule has 1 unspecified atom stereocenters. The lowest BCUT2D eigenvalue weighted by Gasteiger charge is -2.34. The smallest absolute Gasteiger partial charge is 0.0165 e. The fraction of sp³-hybridized carbons (Fsp3) is 0.867. The molecule has 1 fully saturated rings. The maximum absolute atomic E-state index is 3.76. The SMILES string of the molecule is CC(C)=CCN1CCC(NC(C)C(C)C)CC1. The Hall–Kier alpha value is -0.340. The summed E-state index contributed by atoms with van der Waals surface area (Å²) in [7, 11) is 0. The Balaban J connectivity index is 2.24. The molecule has 0 aromatic rings. The molecule has 1 aliphatic heterocycles. The van der Waals surface area contributed by atoms with E-state index in [1.54, 1.807) is 0 Å². The monoisotopic (exact) mass is 238 g/mol. The number of likely N-dealkylation sites (tertiary alicyclic amines) is 1. The van der Waals surface area contributed by atoms with E-state index in [9.17, 15) is 0 Å². The van der Waals surface area contributed by atoms with Gasteiger partial charge in [0.2, 0.25) is 0 Å². The first-order valence-electron chi connectivity index (χ1n) is 7.10. The first-order chi connectivity index (χ1) is 7.99. The Morgan fingerprint density at radius 2 is 1.82 bits per heavy atom. The Morgan fingerprint density at radius 3 is 2.29 bits per heavy atom. The fourth-order valence-corrected chi connectivity index (χ4v) is 2.16. The number of nitrogens with one attached hydrogen (secondary N) is 1. The van der Waals surface area contributed by atoms with Gasteiger partial charge in [0, 0.05) is 18.6 Å². The van der Waals surface area contributed by atoms with Crippen LogP contribution in [-0.2, 0) is 0 Å². The molecule has 0 spiro atoms. The van der Waals surface area contributed by atoms with Crippen molar-refractivity contribution < 1.29 is 0 Å². The van der Waals surface area contributed by atoms with Crippen molar-refractivity contribution in [3.05, 3.63) is 11.6 Å². The van der Waals surface area contributed by atoms with Crippen molar-refractivity contribution in [2.24, 2.45) is 5.92 Å². The van der Waals surface area contributed by atoms with Gasteiger partial charge in [-0.05, 0) is 52.6 Å². The number of nitrogens with zero attached hydrogens (tertiary/aromatic N) is 1. The summed E-state index contributed by atoms with van der Waals surface area (Å²) in [5.74, 6) is 0.735. The van der Waals surface area contributed by atoms with Gasteiger partial charge in [0.25, 0.3) is 0 Å². The number of hydrogen-bond acceptors (Lipinski definition) is 2. The lowest BCUT2D eigenvalue weighted by atomic mass is 10.0. The highest BCUT2D eigenvalue weighted by atomic mass is 15.1. The summed E-state index contributed by atoms with van der Waals surface area (Å²) >= 11 is 0. The molecule has 0 aromatic carbocycles. The topological polar surface area (TPSA) is 15.3 Å². The van der Waals surface area contributed by atoms with E-state index >= 15 is 0 Å². The predicted molar refractivity (Wildman–Crippen MR) is 76.3 cm³/mol. The van der Waals surface area contributed by atoms with Crippen LogP contribution in [0.2, 0.25) is 0 Å². The van der Waals surface area contributed by atoms with Crippen LogP contribution in [0.5, 0.6) is 0 Å². The van der Waals surface area contributed by atoms with Crippen molar-refractivity contribution in [3.63, 3.8) is 0 Å². The van der Waals surface area contributed by atoms with Crippen molar-refractivity contribution in [3.8, 4) is 0 Å². The zero-order valence-electron chi connectivity index (χ0n) is 12.3. The average molecular weight is 238 g/mol. The summed E-state index contributed by atoms with van der Waals surface area (Å²) in [5.41, 5.74) is 1.43. The van der Waals surface area contributed by atoms with E-state index < -0.39 is 0 Å². The molecule has 0 aliphatic carbocycles. The van der Waals surface area contributed by atoms with Gasteiger partial charge in [0.05, 0.1) is 0 Å². The third-order valence-corrected chi connectivity index (χ3v) is 3.84. The number of piperidine rings is 1. The van der Waals surface area contributed by atoms with Gasteiger partial charge in [-0.1, -0.05) is 25.5 Å². The molecule has 0 radical (unpaired) electrons. The van der Waals surface area contributed by atoms with Gasteiger partial charge in [-0.2, -0.15) is 0 Å². The molecule has 1 saturated heterocycles. The third kappa shape index (κ3) is 5.69. The van der Waals surface area contributed by atoms with Crippen LogP contribution < -0.4 is 5.32 Å².